The Hall–Kier alpha value is -4.17. The monoisotopic (exact) mass is 493 g/mol. The average Bonchev–Trinajstić information content (AvgIpc) is 3.54. The average molecular weight is 494 g/mol. The van der Waals surface area contributed by atoms with E-state index in [1.807, 2.05) is 90.2 Å². The topological polar surface area (TPSA) is 85.0 Å². The predicted octanol–water partition coefficient (Wildman–Crippen LogP) is 5.65. The minimum atomic E-state index is -0.553. The Kier molecular flexibility index (Phi) is 5.65. The molecule has 0 bridgehead atoms. The number of fused-ring (bicyclic) bond motifs is 4. The van der Waals surface area contributed by atoms with Crippen molar-refractivity contribution >= 4 is 45.1 Å². The first-order valence-corrected chi connectivity index (χ1v) is 12.7. The van der Waals surface area contributed by atoms with Crippen LogP contribution in [0.25, 0.3) is 27.6 Å². The van der Waals surface area contributed by atoms with Crippen LogP contribution in [0, 0.1) is 0 Å². The largest absolute Gasteiger partial charge is 0.360 e. The van der Waals surface area contributed by atoms with Crippen LogP contribution in [0.15, 0.2) is 95.0 Å². The number of hydrogen-bond donors (Lipinski definition) is 1. The maximum absolute atomic E-state index is 14.0. The van der Waals surface area contributed by atoms with Gasteiger partial charge in [-0.1, -0.05) is 79.3 Å². The summed E-state index contributed by atoms with van der Waals surface area (Å²) in [6.07, 6.45) is 2.56. The Balaban J connectivity index is 1.53. The van der Waals surface area contributed by atoms with Gasteiger partial charge in [0.25, 0.3) is 5.56 Å². The van der Waals surface area contributed by atoms with E-state index in [2.05, 4.69) is 15.2 Å². The minimum Gasteiger partial charge on any atom is -0.360 e. The van der Waals surface area contributed by atoms with Gasteiger partial charge in [-0.15, -0.1) is 10.2 Å². The van der Waals surface area contributed by atoms with E-state index in [-0.39, 0.29) is 11.3 Å². The van der Waals surface area contributed by atoms with Crippen molar-refractivity contribution in [1.29, 1.82) is 0 Å². The summed E-state index contributed by atoms with van der Waals surface area (Å²) in [5.41, 5.74) is 3.07. The molecule has 0 fully saturated rings. The van der Waals surface area contributed by atoms with Crippen molar-refractivity contribution in [2.75, 3.05) is 0 Å². The number of H-pyrrole nitrogens is 1. The molecule has 36 heavy (non-hydrogen) atoms. The third kappa shape index (κ3) is 3.61. The lowest BCUT2D eigenvalue weighted by molar-refractivity contribution is 0.0991. The molecule has 3 heterocycles. The van der Waals surface area contributed by atoms with Gasteiger partial charge in [0.05, 0.1) is 10.9 Å². The molecule has 7 nitrogen and oxygen atoms in total. The highest BCUT2D eigenvalue weighted by molar-refractivity contribution is 8.00. The highest BCUT2D eigenvalue weighted by atomic mass is 32.2. The third-order valence-electron chi connectivity index (χ3n) is 6.34. The van der Waals surface area contributed by atoms with Crippen LogP contribution in [-0.2, 0) is 6.54 Å². The van der Waals surface area contributed by atoms with E-state index >= 15 is 0 Å². The van der Waals surface area contributed by atoms with Crippen molar-refractivity contribution in [1.82, 2.24) is 24.1 Å². The number of benzene rings is 3. The van der Waals surface area contributed by atoms with Gasteiger partial charge in [-0.3, -0.25) is 18.6 Å². The first-order valence-electron chi connectivity index (χ1n) is 11.9. The molecule has 0 unspecified atom stereocenters. The molecule has 1 atom stereocenters. The standard InChI is InChI=1S/C28H23N5O2S/c1-2-16-32-26(35)20-13-7-9-15-23(20)33-27(32)30-31-28(33)36-25(18-10-4-3-5-11-18)24(34)21-17-29-22-14-8-6-12-19(21)22/h3-15,17,25,29H,2,16H2,1H3/t25-/m1/s1. The van der Waals surface area contributed by atoms with Crippen molar-refractivity contribution in [3.63, 3.8) is 0 Å². The highest BCUT2D eigenvalue weighted by Gasteiger charge is 2.28. The number of para-hydroxylation sites is 2. The van der Waals surface area contributed by atoms with Gasteiger partial charge >= 0.3 is 0 Å². The molecule has 6 aromatic rings. The molecule has 0 saturated heterocycles. The molecule has 0 amide bonds. The lowest BCUT2D eigenvalue weighted by Crippen LogP contribution is -2.23. The smallest absolute Gasteiger partial charge is 0.262 e. The van der Waals surface area contributed by atoms with E-state index < -0.39 is 5.25 Å². The molecule has 0 aliphatic rings. The molecule has 0 aliphatic carbocycles. The number of hydrogen-bond acceptors (Lipinski definition) is 5. The number of aryl methyl sites for hydroxylation is 1. The van der Waals surface area contributed by atoms with Crippen molar-refractivity contribution in [3.05, 3.63) is 107 Å². The Morgan fingerprint density at radius 1 is 0.944 bits per heavy atom. The fourth-order valence-electron chi connectivity index (χ4n) is 4.66. The van der Waals surface area contributed by atoms with Gasteiger partial charge in [-0.2, -0.15) is 0 Å². The van der Waals surface area contributed by atoms with E-state index in [0.717, 1.165) is 28.4 Å². The van der Waals surface area contributed by atoms with Gasteiger partial charge in [-0.25, -0.2) is 0 Å². The number of nitrogens with one attached hydrogen (secondary N) is 1. The second-order valence-corrected chi connectivity index (χ2v) is 9.68. The summed E-state index contributed by atoms with van der Waals surface area (Å²) in [5.74, 6) is 0.459. The van der Waals surface area contributed by atoms with E-state index in [9.17, 15) is 9.59 Å². The predicted molar refractivity (Wildman–Crippen MR) is 143 cm³/mol. The molecule has 3 aromatic heterocycles. The normalized spacial score (nSPS) is 12.5. The van der Waals surface area contributed by atoms with E-state index in [1.54, 1.807) is 10.8 Å². The van der Waals surface area contributed by atoms with Crippen molar-refractivity contribution < 1.29 is 4.79 Å². The van der Waals surface area contributed by atoms with Gasteiger partial charge in [-0.05, 0) is 30.2 Å². The summed E-state index contributed by atoms with van der Waals surface area (Å²) in [6, 6.07) is 25.0. The Morgan fingerprint density at radius 2 is 1.67 bits per heavy atom. The molecule has 6 rings (SSSR count). The number of thioether (sulfide) groups is 1. The third-order valence-corrected chi connectivity index (χ3v) is 7.54. The zero-order valence-electron chi connectivity index (χ0n) is 19.6. The lowest BCUT2D eigenvalue weighted by atomic mass is 10.0. The van der Waals surface area contributed by atoms with E-state index in [0.29, 0.717) is 28.4 Å². The van der Waals surface area contributed by atoms with Crippen LogP contribution in [0.3, 0.4) is 0 Å². The van der Waals surface area contributed by atoms with E-state index in [4.69, 9.17) is 0 Å². The molecule has 0 aliphatic heterocycles. The number of aromatic nitrogens is 5. The molecular formula is C28H23N5O2S. The van der Waals surface area contributed by atoms with Crippen LogP contribution in [-0.4, -0.2) is 29.9 Å². The maximum atomic E-state index is 14.0. The van der Waals surface area contributed by atoms with Gasteiger partial charge in [0.15, 0.2) is 10.9 Å². The molecule has 0 radical (unpaired) electrons. The fourth-order valence-corrected chi connectivity index (χ4v) is 5.77. The number of ketones is 1. The summed E-state index contributed by atoms with van der Waals surface area (Å²) in [5, 5.41) is 10.4. The summed E-state index contributed by atoms with van der Waals surface area (Å²) < 4.78 is 3.56. The number of rotatable bonds is 7. The summed E-state index contributed by atoms with van der Waals surface area (Å²) in [4.78, 5) is 30.4. The van der Waals surface area contributed by atoms with Crippen molar-refractivity contribution in [2.24, 2.45) is 0 Å². The van der Waals surface area contributed by atoms with Gasteiger partial charge in [0, 0.05) is 29.2 Å². The van der Waals surface area contributed by atoms with Gasteiger partial charge in [0.1, 0.15) is 5.25 Å². The van der Waals surface area contributed by atoms with Crippen LogP contribution >= 0.6 is 11.8 Å². The number of carbonyl (C=O) groups excluding carboxylic acids is 1. The van der Waals surface area contributed by atoms with Crippen molar-refractivity contribution in [3.8, 4) is 0 Å². The summed E-state index contributed by atoms with van der Waals surface area (Å²) in [6.45, 7) is 2.56. The molecule has 0 spiro atoms. The maximum Gasteiger partial charge on any atom is 0.262 e. The summed E-state index contributed by atoms with van der Waals surface area (Å²) in [7, 11) is 0. The number of nitrogens with zero attached hydrogens (tertiary/aromatic N) is 4. The van der Waals surface area contributed by atoms with Crippen LogP contribution < -0.4 is 5.56 Å². The molecule has 178 valence electrons. The quantitative estimate of drug-likeness (QED) is 0.229. The lowest BCUT2D eigenvalue weighted by Gasteiger charge is -2.16. The second kappa shape index (κ2) is 9.13. The fraction of sp³-hybridized carbons (Fsp3) is 0.143. The minimum absolute atomic E-state index is 0.0217. The molecule has 0 saturated carbocycles. The SMILES string of the molecule is CCCn1c(=O)c2ccccc2n2c(S[C@@H](C(=O)c3c[nH]c4ccccc34)c3ccccc3)nnc12. The highest BCUT2D eigenvalue weighted by Crippen LogP contribution is 2.39. The zero-order chi connectivity index (χ0) is 24.6. The van der Waals surface area contributed by atoms with Crippen LogP contribution in [0.4, 0.5) is 0 Å². The number of aromatic amines is 1. The molecule has 8 heteroatoms. The second-order valence-electron chi connectivity index (χ2n) is 8.61. The Bertz CT molecular complexity index is 1780. The Morgan fingerprint density at radius 3 is 2.47 bits per heavy atom. The first kappa shape index (κ1) is 22.3. The molecule has 1 N–H and O–H groups in total. The molecule has 3 aromatic carbocycles. The zero-order valence-corrected chi connectivity index (χ0v) is 20.4. The van der Waals surface area contributed by atoms with E-state index in [1.165, 1.54) is 11.8 Å². The van der Waals surface area contributed by atoms with Crippen molar-refractivity contribution in [2.45, 2.75) is 30.3 Å². The molecular weight excluding hydrogens is 470 g/mol. The van der Waals surface area contributed by atoms with Crippen LogP contribution in [0.2, 0.25) is 0 Å². The Labute approximate surface area is 210 Å². The van der Waals surface area contributed by atoms with Gasteiger partial charge < -0.3 is 4.98 Å². The summed E-state index contributed by atoms with van der Waals surface area (Å²) >= 11 is 1.35. The number of Topliss-reactive ketones (excluding diaryl/α,β-unsaturated/α-hetero) is 1. The first-order chi connectivity index (χ1) is 17.7. The number of carbonyl (C=O) groups is 1. The van der Waals surface area contributed by atoms with Crippen LogP contribution in [0.1, 0.15) is 34.5 Å². The van der Waals surface area contributed by atoms with Crippen LogP contribution in [0.5, 0.6) is 0 Å². The van der Waals surface area contributed by atoms with Gasteiger partial charge in [0.2, 0.25) is 5.78 Å².